The Bertz CT molecular complexity index is 1150. The molecule has 1 aromatic heterocycles. The molecule has 5 nitrogen and oxygen atoms in total. The first-order valence-corrected chi connectivity index (χ1v) is 10.2. The third-order valence-electron chi connectivity index (χ3n) is 4.21. The molecular formula is C20H16ClN3O2S. The van der Waals surface area contributed by atoms with E-state index in [0.29, 0.717) is 10.8 Å². The van der Waals surface area contributed by atoms with E-state index < -0.39 is 10.0 Å². The highest BCUT2D eigenvalue weighted by Gasteiger charge is 2.14. The van der Waals surface area contributed by atoms with Crippen LogP contribution < -0.4 is 4.72 Å². The number of hydrogen-bond acceptors (Lipinski definition) is 3. The zero-order valence-electron chi connectivity index (χ0n) is 14.2. The van der Waals surface area contributed by atoms with Gasteiger partial charge in [-0.1, -0.05) is 35.9 Å². The molecule has 7 heteroatoms. The van der Waals surface area contributed by atoms with Crippen LogP contribution in [0.1, 0.15) is 5.56 Å². The summed E-state index contributed by atoms with van der Waals surface area (Å²) in [4.78, 5) is 7.97. The third-order valence-corrected chi connectivity index (χ3v) is 5.88. The average Bonchev–Trinajstić information content (AvgIpc) is 3.12. The van der Waals surface area contributed by atoms with Crippen LogP contribution in [0, 0.1) is 0 Å². The van der Waals surface area contributed by atoms with Crippen molar-refractivity contribution in [3.05, 3.63) is 83.4 Å². The van der Waals surface area contributed by atoms with Gasteiger partial charge < -0.3 is 4.98 Å². The van der Waals surface area contributed by atoms with Gasteiger partial charge in [0.05, 0.1) is 15.9 Å². The Kier molecular flexibility index (Phi) is 4.70. The molecule has 0 atom stereocenters. The van der Waals surface area contributed by atoms with Crippen molar-refractivity contribution in [1.29, 1.82) is 0 Å². The minimum Gasteiger partial charge on any atom is -0.338 e. The third kappa shape index (κ3) is 3.88. The van der Waals surface area contributed by atoms with E-state index >= 15 is 0 Å². The summed E-state index contributed by atoms with van der Waals surface area (Å²) in [6.45, 7) is 0.199. The van der Waals surface area contributed by atoms with Crippen LogP contribution in [0.2, 0.25) is 5.02 Å². The molecule has 0 unspecified atom stereocenters. The minimum absolute atomic E-state index is 0.199. The summed E-state index contributed by atoms with van der Waals surface area (Å²) in [7, 11) is -3.61. The number of aromatic nitrogens is 2. The molecule has 3 aromatic carbocycles. The van der Waals surface area contributed by atoms with Crippen molar-refractivity contribution < 1.29 is 8.42 Å². The summed E-state index contributed by atoms with van der Waals surface area (Å²) >= 11 is 5.84. The fourth-order valence-electron chi connectivity index (χ4n) is 2.75. The number of halogens is 1. The molecule has 0 aliphatic carbocycles. The fraction of sp³-hybridized carbons (Fsp3) is 0.0500. The van der Waals surface area contributed by atoms with Crippen LogP contribution in [0.15, 0.2) is 77.7 Å². The molecule has 27 heavy (non-hydrogen) atoms. The second-order valence-electron chi connectivity index (χ2n) is 6.08. The number of aromatic amines is 1. The Labute approximate surface area is 162 Å². The highest BCUT2D eigenvalue weighted by atomic mass is 35.5. The molecule has 0 bridgehead atoms. The van der Waals surface area contributed by atoms with Gasteiger partial charge in [-0.25, -0.2) is 18.1 Å². The first-order valence-electron chi connectivity index (χ1n) is 8.30. The van der Waals surface area contributed by atoms with Gasteiger partial charge in [-0.15, -0.1) is 0 Å². The van der Waals surface area contributed by atoms with E-state index in [0.717, 1.165) is 22.2 Å². The van der Waals surface area contributed by atoms with Crippen LogP contribution in [0.5, 0.6) is 0 Å². The van der Waals surface area contributed by atoms with Gasteiger partial charge >= 0.3 is 0 Å². The quantitative estimate of drug-likeness (QED) is 0.525. The maximum atomic E-state index is 12.5. The number of imidazole rings is 1. The number of benzene rings is 3. The lowest BCUT2D eigenvalue weighted by molar-refractivity contribution is 0.581. The molecule has 0 radical (unpaired) electrons. The summed E-state index contributed by atoms with van der Waals surface area (Å²) in [5.74, 6) is 0.703. The van der Waals surface area contributed by atoms with Gasteiger partial charge in [0.25, 0.3) is 0 Å². The maximum Gasteiger partial charge on any atom is 0.240 e. The summed E-state index contributed by atoms with van der Waals surface area (Å²) in [6.07, 6.45) is 0. The van der Waals surface area contributed by atoms with Crippen LogP contribution in [-0.2, 0) is 16.6 Å². The van der Waals surface area contributed by atoms with Crippen molar-refractivity contribution in [3.8, 4) is 11.4 Å². The number of sulfonamides is 1. The normalized spacial score (nSPS) is 11.7. The van der Waals surface area contributed by atoms with Crippen LogP contribution in [0.25, 0.3) is 22.4 Å². The number of para-hydroxylation sites is 2. The first-order chi connectivity index (χ1) is 13.0. The highest BCUT2D eigenvalue weighted by Crippen LogP contribution is 2.22. The van der Waals surface area contributed by atoms with Gasteiger partial charge in [0.15, 0.2) is 0 Å². The highest BCUT2D eigenvalue weighted by molar-refractivity contribution is 7.89. The predicted octanol–water partition coefficient (Wildman–Crippen LogP) is 4.36. The lowest BCUT2D eigenvalue weighted by Gasteiger charge is -2.07. The topological polar surface area (TPSA) is 74.8 Å². The first kappa shape index (κ1) is 17.7. The second-order valence-corrected chi connectivity index (χ2v) is 8.28. The van der Waals surface area contributed by atoms with E-state index in [1.165, 1.54) is 0 Å². The molecule has 4 aromatic rings. The van der Waals surface area contributed by atoms with Gasteiger partial charge in [0.2, 0.25) is 10.0 Å². The Hall–Kier alpha value is -2.67. The zero-order chi connectivity index (χ0) is 18.9. The summed E-state index contributed by atoms with van der Waals surface area (Å²) < 4.78 is 27.6. The number of nitrogens with zero attached hydrogens (tertiary/aromatic N) is 1. The molecule has 4 rings (SSSR count). The average molecular weight is 398 g/mol. The minimum atomic E-state index is -3.61. The number of fused-ring (bicyclic) bond motifs is 1. The summed E-state index contributed by atoms with van der Waals surface area (Å²) in [5, 5.41) is 0.614. The van der Waals surface area contributed by atoms with Gasteiger partial charge in [-0.2, -0.15) is 0 Å². The standard InChI is InChI=1S/C20H16ClN3O2S/c21-16-9-5-14(6-10-16)13-22-27(25,26)17-11-7-15(8-12-17)20-23-18-3-1-2-4-19(18)24-20/h1-12,22H,13H2,(H,23,24). The van der Waals surface area contributed by atoms with Crippen molar-refractivity contribution in [2.75, 3.05) is 0 Å². The van der Waals surface area contributed by atoms with E-state index in [9.17, 15) is 8.42 Å². The van der Waals surface area contributed by atoms with E-state index in [2.05, 4.69) is 14.7 Å². The maximum absolute atomic E-state index is 12.5. The Balaban J connectivity index is 1.52. The van der Waals surface area contributed by atoms with Crippen molar-refractivity contribution in [3.63, 3.8) is 0 Å². The lowest BCUT2D eigenvalue weighted by atomic mass is 10.2. The zero-order valence-corrected chi connectivity index (χ0v) is 15.8. The van der Waals surface area contributed by atoms with Gasteiger partial charge in [-0.05, 0) is 54.1 Å². The molecular weight excluding hydrogens is 382 g/mol. The molecule has 0 spiro atoms. The molecule has 136 valence electrons. The van der Waals surface area contributed by atoms with Crippen molar-refractivity contribution in [2.45, 2.75) is 11.4 Å². The number of hydrogen-bond donors (Lipinski definition) is 2. The molecule has 0 aliphatic rings. The van der Waals surface area contributed by atoms with Crippen LogP contribution >= 0.6 is 11.6 Å². The van der Waals surface area contributed by atoms with E-state index in [-0.39, 0.29) is 11.4 Å². The van der Waals surface area contributed by atoms with Crippen LogP contribution in [0.4, 0.5) is 0 Å². The molecule has 2 N–H and O–H groups in total. The summed E-state index contributed by atoms with van der Waals surface area (Å²) in [5.41, 5.74) is 3.47. The van der Waals surface area contributed by atoms with E-state index in [4.69, 9.17) is 11.6 Å². The van der Waals surface area contributed by atoms with Gasteiger partial charge in [0, 0.05) is 17.1 Å². The monoisotopic (exact) mass is 397 g/mol. The van der Waals surface area contributed by atoms with Crippen molar-refractivity contribution in [1.82, 2.24) is 14.7 Å². The lowest BCUT2D eigenvalue weighted by Crippen LogP contribution is -2.23. The fourth-order valence-corrected chi connectivity index (χ4v) is 3.89. The van der Waals surface area contributed by atoms with Crippen LogP contribution in [-0.4, -0.2) is 18.4 Å². The smallest absolute Gasteiger partial charge is 0.240 e. The van der Waals surface area contributed by atoms with E-state index in [1.54, 1.807) is 48.5 Å². The Morgan fingerprint density at radius 2 is 1.63 bits per heavy atom. The number of rotatable bonds is 5. The van der Waals surface area contributed by atoms with Crippen molar-refractivity contribution in [2.24, 2.45) is 0 Å². The van der Waals surface area contributed by atoms with Gasteiger partial charge in [0.1, 0.15) is 5.82 Å². The van der Waals surface area contributed by atoms with Gasteiger partial charge in [-0.3, -0.25) is 0 Å². The molecule has 0 saturated carbocycles. The molecule has 0 aliphatic heterocycles. The second kappa shape index (κ2) is 7.15. The Morgan fingerprint density at radius 3 is 2.33 bits per heavy atom. The molecule has 0 amide bonds. The van der Waals surface area contributed by atoms with Crippen LogP contribution in [0.3, 0.4) is 0 Å². The molecule has 0 fully saturated rings. The number of H-pyrrole nitrogens is 1. The predicted molar refractivity (Wildman–Crippen MR) is 107 cm³/mol. The molecule has 0 saturated heterocycles. The number of nitrogens with one attached hydrogen (secondary N) is 2. The van der Waals surface area contributed by atoms with Crippen molar-refractivity contribution >= 4 is 32.7 Å². The SMILES string of the molecule is O=S(=O)(NCc1ccc(Cl)cc1)c1ccc(-c2nc3ccccc3[nH]2)cc1. The van der Waals surface area contributed by atoms with E-state index in [1.807, 2.05) is 24.3 Å². The Morgan fingerprint density at radius 1 is 0.926 bits per heavy atom. The molecule has 1 heterocycles. The largest absolute Gasteiger partial charge is 0.338 e. The summed E-state index contributed by atoms with van der Waals surface area (Å²) in [6, 6.07) is 21.4.